The zero-order valence-corrected chi connectivity index (χ0v) is 18.6. The molecule has 0 spiro atoms. The summed E-state index contributed by atoms with van der Waals surface area (Å²) in [6, 6.07) is 0. The van der Waals surface area contributed by atoms with Gasteiger partial charge in [-0.1, -0.05) is 22.7 Å². The molecule has 0 aliphatic carbocycles. The quantitative estimate of drug-likeness (QED) is 0.310. The van der Waals surface area contributed by atoms with Crippen molar-refractivity contribution in [3.05, 3.63) is 33.2 Å². The molecule has 0 saturated carbocycles. The van der Waals surface area contributed by atoms with Crippen LogP contribution in [-0.2, 0) is 32.2 Å². The lowest BCUT2D eigenvalue weighted by molar-refractivity contribution is -0.687. The van der Waals surface area contributed by atoms with Gasteiger partial charge in [0.05, 0.1) is 25.0 Å². The Morgan fingerprint density at radius 1 is 0.875 bits per heavy atom. The van der Waals surface area contributed by atoms with Gasteiger partial charge in [-0.2, -0.15) is 9.13 Å². The molecule has 0 aliphatic heterocycles. The molecule has 0 N–H and O–H groups in total. The lowest BCUT2D eigenvalue weighted by Crippen LogP contribution is -3.00. The number of hydrogen-bond donors (Lipinski definition) is 0. The minimum atomic E-state index is -0.212. The summed E-state index contributed by atoms with van der Waals surface area (Å²) in [6.07, 6.45) is 0. The summed E-state index contributed by atoms with van der Waals surface area (Å²) in [6.45, 7) is 4.54. The van der Waals surface area contributed by atoms with Crippen molar-refractivity contribution in [1.29, 1.82) is 0 Å². The molecule has 0 atom stereocenters. The van der Waals surface area contributed by atoms with Crippen molar-refractivity contribution in [1.82, 2.24) is 0 Å². The fourth-order valence-electron chi connectivity index (χ4n) is 1.44. The summed E-state index contributed by atoms with van der Waals surface area (Å²) < 4.78 is 12.8. The third-order valence-electron chi connectivity index (χ3n) is 2.81. The van der Waals surface area contributed by atoms with E-state index in [9.17, 15) is 9.59 Å². The Morgan fingerprint density at radius 2 is 1.21 bits per heavy atom. The molecule has 2 rings (SSSR count). The summed E-state index contributed by atoms with van der Waals surface area (Å²) in [4.78, 5) is 21.6. The Hall–Kier alpha value is -0.840. The summed E-state index contributed by atoms with van der Waals surface area (Å²) in [7, 11) is 2.79. The number of carbonyl (C=O) groups excluding carboxylic acids is 2. The topological polar surface area (TPSA) is 60.4 Å². The maximum absolute atomic E-state index is 10.8. The molecule has 2 aromatic rings. The molecule has 10 heteroatoms. The normalized spacial score (nSPS) is 8.83. The minimum Gasteiger partial charge on any atom is -1.00 e. The van der Waals surface area contributed by atoms with Crippen LogP contribution in [0.3, 0.4) is 0 Å². The van der Waals surface area contributed by atoms with Crippen LogP contribution in [0.5, 0.6) is 0 Å². The van der Waals surface area contributed by atoms with Gasteiger partial charge in [0, 0.05) is 13.8 Å². The number of methoxy groups -OCH3 is 2. The number of thiazole rings is 2. The number of nitrogens with zero attached hydrogens (tertiary/aromatic N) is 2. The third-order valence-corrected chi connectivity index (χ3v) is 4.52. The molecule has 0 aromatic carbocycles. The van der Waals surface area contributed by atoms with Crippen LogP contribution >= 0.6 is 22.7 Å². The first-order chi connectivity index (χ1) is 10.5. The Bertz CT molecular complexity index is 578. The monoisotopic (exact) mass is 502 g/mol. The number of aromatic nitrogens is 2. The number of hydrogen-bond acceptors (Lipinski definition) is 6. The molecular formula is C14H20Br2N2O4S2. The van der Waals surface area contributed by atoms with E-state index in [4.69, 9.17) is 0 Å². The van der Waals surface area contributed by atoms with Gasteiger partial charge >= 0.3 is 11.9 Å². The largest absolute Gasteiger partial charge is 1.00 e. The molecule has 0 fully saturated rings. The molecular weight excluding hydrogens is 484 g/mol. The van der Waals surface area contributed by atoms with Crippen LogP contribution in [0.2, 0.25) is 0 Å². The summed E-state index contributed by atoms with van der Waals surface area (Å²) in [5, 5.41) is 3.98. The van der Waals surface area contributed by atoms with Gasteiger partial charge in [0.15, 0.2) is 11.4 Å². The van der Waals surface area contributed by atoms with Gasteiger partial charge in [-0.25, -0.2) is 9.59 Å². The van der Waals surface area contributed by atoms with E-state index in [1.807, 2.05) is 44.8 Å². The molecule has 24 heavy (non-hydrogen) atoms. The van der Waals surface area contributed by atoms with Crippen LogP contribution in [-0.4, -0.2) is 26.2 Å². The molecule has 2 heterocycles. The number of aryl methyl sites for hydroxylation is 2. The smallest absolute Gasteiger partial charge is 0.372 e. The zero-order chi connectivity index (χ0) is 16.5. The first-order valence-electron chi connectivity index (χ1n) is 6.46. The van der Waals surface area contributed by atoms with Crippen LogP contribution in [0, 0.1) is 13.8 Å². The Labute approximate surface area is 170 Å². The lowest BCUT2D eigenvalue weighted by atomic mass is 10.5. The second kappa shape index (κ2) is 13.5. The molecule has 0 amide bonds. The number of ether oxygens (including phenoxy) is 2. The van der Waals surface area contributed by atoms with Crippen LogP contribution < -0.4 is 43.1 Å². The van der Waals surface area contributed by atoms with E-state index in [0.717, 1.165) is 11.4 Å². The molecule has 0 saturated heterocycles. The highest BCUT2D eigenvalue weighted by Crippen LogP contribution is 1.96. The van der Waals surface area contributed by atoms with Crippen molar-refractivity contribution in [3.8, 4) is 0 Å². The summed E-state index contributed by atoms with van der Waals surface area (Å²) >= 11 is 3.15. The van der Waals surface area contributed by atoms with E-state index in [-0.39, 0.29) is 45.9 Å². The van der Waals surface area contributed by atoms with Gasteiger partial charge < -0.3 is 43.4 Å². The van der Waals surface area contributed by atoms with Gasteiger partial charge in [-0.3, -0.25) is 0 Å². The van der Waals surface area contributed by atoms with Crippen LogP contribution in [0.25, 0.3) is 0 Å². The van der Waals surface area contributed by atoms with Gasteiger partial charge in [0.2, 0.25) is 24.1 Å². The average Bonchev–Trinajstić information content (AvgIpc) is 3.09. The average molecular weight is 504 g/mol. The van der Waals surface area contributed by atoms with Gasteiger partial charge in [-0.15, -0.1) is 0 Å². The van der Waals surface area contributed by atoms with Crippen LogP contribution in [0.1, 0.15) is 11.4 Å². The molecule has 136 valence electrons. The SMILES string of the molecule is COC(=O)C[n+]1cscc1C.COC(=O)C[n+]1cscc1C.[Br-].[Br-]. The Kier molecular flexibility index (Phi) is 14.2. The van der Waals surface area contributed by atoms with Gasteiger partial charge in [-0.05, 0) is 0 Å². The van der Waals surface area contributed by atoms with Crippen molar-refractivity contribution in [3.63, 3.8) is 0 Å². The van der Waals surface area contributed by atoms with Crippen molar-refractivity contribution in [2.24, 2.45) is 0 Å². The zero-order valence-electron chi connectivity index (χ0n) is 13.8. The van der Waals surface area contributed by atoms with E-state index in [1.54, 1.807) is 22.7 Å². The fraction of sp³-hybridized carbons (Fsp3) is 0.429. The van der Waals surface area contributed by atoms with E-state index in [0.29, 0.717) is 13.1 Å². The number of rotatable bonds is 4. The van der Waals surface area contributed by atoms with Crippen molar-refractivity contribution >= 4 is 34.6 Å². The maximum Gasteiger partial charge on any atom is 0.372 e. The second-order valence-corrected chi connectivity index (χ2v) is 5.85. The van der Waals surface area contributed by atoms with Gasteiger partial charge in [0.25, 0.3) is 0 Å². The van der Waals surface area contributed by atoms with E-state index < -0.39 is 0 Å². The molecule has 0 aliphatic rings. The van der Waals surface area contributed by atoms with Crippen LogP contribution in [0.15, 0.2) is 21.8 Å². The third kappa shape index (κ3) is 8.86. The van der Waals surface area contributed by atoms with E-state index in [1.165, 1.54) is 14.2 Å². The van der Waals surface area contributed by atoms with Crippen molar-refractivity contribution in [2.45, 2.75) is 26.9 Å². The number of esters is 2. The molecule has 6 nitrogen and oxygen atoms in total. The minimum absolute atomic E-state index is 0. The maximum atomic E-state index is 10.8. The standard InChI is InChI=1S/2C7H10NO2S.2BrH/c2*1-6-4-11-5-8(6)3-7(9)10-2;;/h2*4-5H,3H2,1-2H3;2*1H/q2*+1;;/p-2. The summed E-state index contributed by atoms with van der Waals surface area (Å²) in [5.74, 6) is -0.423. The van der Waals surface area contributed by atoms with Crippen molar-refractivity contribution < 1.29 is 62.2 Å². The summed E-state index contributed by atoms with van der Waals surface area (Å²) in [5.41, 5.74) is 5.96. The number of carbonyl (C=O) groups is 2. The Morgan fingerprint density at radius 3 is 1.42 bits per heavy atom. The first-order valence-corrected chi connectivity index (χ1v) is 8.34. The highest BCUT2D eigenvalue weighted by Gasteiger charge is 2.13. The predicted octanol–water partition coefficient (Wildman–Crippen LogP) is -4.96. The van der Waals surface area contributed by atoms with Gasteiger partial charge in [0.1, 0.15) is 0 Å². The van der Waals surface area contributed by atoms with Crippen LogP contribution in [0.4, 0.5) is 0 Å². The highest BCUT2D eigenvalue weighted by atomic mass is 79.9. The molecule has 0 radical (unpaired) electrons. The molecule has 2 aromatic heterocycles. The Balaban J connectivity index is 0. The molecule has 0 unspecified atom stereocenters. The predicted molar refractivity (Wildman–Crippen MR) is 82.5 cm³/mol. The van der Waals surface area contributed by atoms with Crippen molar-refractivity contribution in [2.75, 3.05) is 14.2 Å². The molecule has 0 bridgehead atoms. The highest BCUT2D eigenvalue weighted by molar-refractivity contribution is 7.07. The van der Waals surface area contributed by atoms with E-state index >= 15 is 0 Å². The van der Waals surface area contributed by atoms with E-state index in [2.05, 4.69) is 9.47 Å². The lowest BCUT2D eigenvalue weighted by Gasteiger charge is -1.92. The second-order valence-electron chi connectivity index (χ2n) is 4.41. The first kappa shape index (κ1) is 25.4. The fourth-order valence-corrected chi connectivity index (χ4v) is 3.00. The number of halogens is 2.